The van der Waals surface area contributed by atoms with Crippen LogP contribution >= 0.6 is 0 Å². The van der Waals surface area contributed by atoms with Crippen molar-refractivity contribution in [2.24, 2.45) is 0 Å². The number of hydrogen-bond donors (Lipinski definition) is 2. The van der Waals surface area contributed by atoms with Crippen molar-refractivity contribution in [2.45, 2.75) is 37.6 Å². The van der Waals surface area contributed by atoms with E-state index >= 15 is 0 Å². The number of hydrogen-bond acceptors (Lipinski definition) is 3. The number of rotatable bonds is 3. The first-order chi connectivity index (χ1) is 7.13. The molecule has 15 heavy (non-hydrogen) atoms. The Morgan fingerprint density at radius 1 is 1.33 bits per heavy atom. The fourth-order valence-electron chi connectivity index (χ4n) is 1.85. The van der Waals surface area contributed by atoms with Gasteiger partial charge >= 0.3 is 6.03 Å². The average molecular weight is 213 g/mol. The molecule has 2 amide bonds. The van der Waals surface area contributed by atoms with Crippen molar-refractivity contribution in [3.8, 4) is 0 Å². The van der Waals surface area contributed by atoms with Crippen molar-refractivity contribution in [1.29, 1.82) is 0 Å². The number of nitrogens with zero attached hydrogens (tertiary/aromatic N) is 1. The molecule has 0 aromatic heterocycles. The predicted molar refractivity (Wildman–Crippen MR) is 57.2 cm³/mol. The van der Waals surface area contributed by atoms with Crippen LogP contribution < -0.4 is 10.7 Å². The molecule has 5 heteroatoms. The van der Waals surface area contributed by atoms with Crippen LogP contribution in [0.4, 0.5) is 4.79 Å². The number of urea groups is 1. The maximum Gasteiger partial charge on any atom is 0.332 e. The van der Waals surface area contributed by atoms with Crippen LogP contribution in [-0.2, 0) is 4.79 Å². The van der Waals surface area contributed by atoms with Gasteiger partial charge in [-0.15, -0.1) is 0 Å². The summed E-state index contributed by atoms with van der Waals surface area (Å²) in [5.74, 6) is 0. The fraction of sp³-hybridized carbons (Fsp3) is 0.800. The zero-order valence-electron chi connectivity index (χ0n) is 9.38. The lowest BCUT2D eigenvalue weighted by molar-refractivity contribution is -0.114. The molecule has 0 aliphatic heterocycles. The molecule has 5 nitrogen and oxygen atoms in total. The van der Waals surface area contributed by atoms with E-state index in [9.17, 15) is 9.59 Å². The molecule has 2 N–H and O–H groups in total. The summed E-state index contributed by atoms with van der Waals surface area (Å²) >= 11 is 0. The normalized spacial score (nSPS) is 19.3. The third kappa shape index (κ3) is 2.92. The van der Waals surface area contributed by atoms with Gasteiger partial charge in [0.25, 0.3) is 0 Å². The van der Waals surface area contributed by atoms with Crippen LogP contribution in [0.5, 0.6) is 0 Å². The summed E-state index contributed by atoms with van der Waals surface area (Å²) in [6, 6.07) is -0.258. The Morgan fingerprint density at radius 3 is 2.40 bits per heavy atom. The van der Waals surface area contributed by atoms with Gasteiger partial charge in [0, 0.05) is 14.1 Å². The highest BCUT2D eigenvalue weighted by Crippen LogP contribution is 2.26. The molecule has 86 valence electrons. The second kappa shape index (κ2) is 5.11. The number of nitrogens with one attached hydrogen (secondary N) is 2. The topological polar surface area (TPSA) is 61.4 Å². The first-order valence-corrected chi connectivity index (χ1v) is 5.33. The Labute approximate surface area is 90.2 Å². The minimum Gasteiger partial charge on any atom is -0.325 e. The largest absolute Gasteiger partial charge is 0.332 e. The maximum atomic E-state index is 11.6. The van der Waals surface area contributed by atoms with Crippen molar-refractivity contribution in [1.82, 2.24) is 15.8 Å². The minimum absolute atomic E-state index is 0.258. The third-order valence-corrected chi connectivity index (χ3v) is 2.97. The molecule has 1 aliphatic rings. The van der Waals surface area contributed by atoms with E-state index in [1.165, 1.54) is 5.01 Å². The van der Waals surface area contributed by atoms with E-state index in [0.717, 1.165) is 38.4 Å². The summed E-state index contributed by atoms with van der Waals surface area (Å²) in [4.78, 5) is 22.7. The number of hydrazine groups is 1. The lowest BCUT2D eigenvalue weighted by Crippen LogP contribution is -2.56. The smallest absolute Gasteiger partial charge is 0.325 e. The number of carbonyl (C=O) groups is 2. The van der Waals surface area contributed by atoms with Gasteiger partial charge in [0.15, 0.2) is 0 Å². The van der Waals surface area contributed by atoms with Gasteiger partial charge in [0.05, 0.1) is 5.54 Å². The maximum absolute atomic E-state index is 11.6. The lowest BCUT2D eigenvalue weighted by Gasteiger charge is -2.34. The van der Waals surface area contributed by atoms with E-state index < -0.39 is 5.54 Å². The highest BCUT2D eigenvalue weighted by atomic mass is 16.2. The Bertz CT molecular complexity index is 237. The molecular weight excluding hydrogens is 194 g/mol. The molecule has 0 spiro atoms. The molecule has 1 aliphatic carbocycles. The van der Waals surface area contributed by atoms with E-state index in [1.807, 2.05) is 0 Å². The Hall–Kier alpha value is -1.10. The van der Waals surface area contributed by atoms with Crippen LogP contribution in [0.3, 0.4) is 0 Å². The van der Waals surface area contributed by atoms with Gasteiger partial charge in [-0.1, -0.05) is 19.3 Å². The summed E-state index contributed by atoms with van der Waals surface area (Å²) in [5.41, 5.74) is 2.06. The van der Waals surface area contributed by atoms with Crippen LogP contribution in [0.15, 0.2) is 0 Å². The summed E-state index contributed by atoms with van der Waals surface area (Å²) in [6.07, 6.45) is 5.53. The third-order valence-electron chi connectivity index (χ3n) is 2.97. The van der Waals surface area contributed by atoms with E-state index in [4.69, 9.17) is 0 Å². The number of carbonyl (C=O) groups excluding carboxylic acids is 2. The van der Waals surface area contributed by atoms with Crippen LogP contribution in [-0.4, -0.2) is 37.0 Å². The van der Waals surface area contributed by atoms with E-state index in [-0.39, 0.29) is 6.03 Å². The molecule has 0 atom stereocenters. The van der Waals surface area contributed by atoms with Crippen LogP contribution in [0.1, 0.15) is 32.1 Å². The minimum atomic E-state index is -0.638. The number of amides is 2. The van der Waals surface area contributed by atoms with Crippen LogP contribution in [0.2, 0.25) is 0 Å². The molecule has 0 radical (unpaired) electrons. The second-order valence-electron chi connectivity index (χ2n) is 4.05. The molecule has 0 saturated heterocycles. The monoisotopic (exact) mass is 213 g/mol. The van der Waals surface area contributed by atoms with E-state index in [2.05, 4.69) is 10.7 Å². The van der Waals surface area contributed by atoms with Gasteiger partial charge in [-0.05, 0) is 12.8 Å². The molecule has 1 rings (SSSR count). The van der Waals surface area contributed by atoms with Gasteiger partial charge < -0.3 is 10.1 Å². The van der Waals surface area contributed by atoms with Crippen molar-refractivity contribution in [2.75, 3.05) is 14.1 Å². The Balaban J connectivity index is 2.59. The summed E-state index contributed by atoms with van der Waals surface area (Å²) < 4.78 is 0. The first kappa shape index (κ1) is 12.0. The standard InChI is InChI=1S/C10H19N3O2/c1-11-13(2)9(15)12-10(8-14)6-4-3-5-7-10/h8,11H,3-7H2,1-2H3,(H,12,15). The first-order valence-electron chi connectivity index (χ1n) is 5.33. The second-order valence-corrected chi connectivity index (χ2v) is 4.05. The van der Waals surface area contributed by atoms with Gasteiger partial charge in [-0.2, -0.15) is 0 Å². The molecule has 0 bridgehead atoms. The molecule has 1 fully saturated rings. The number of aldehydes is 1. The SMILES string of the molecule is CNN(C)C(=O)NC1(C=O)CCCCC1. The molecule has 0 aromatic rings. The molecule has 1 saturated carbocycles. The quantitative estimate of drug-likeness (QED) is 0.535. The van der Waals surface area contributed by atoms with Crippen LogP contribution in [0.25, 0.3) is 0 Å². The Kier molecular flexibility index (Phi) is 4.08. The summed E-state index contributed by atoms with van der Waals surface area (Å²) in [7, 11) is 3.28. The lowest BCUT2D eigenvalue weighted by atomic mass is 9.83. The molecule has 0 heterocycles. The van der Waals surface area contributed by atoms with Crippen molar-refractivity contribution in [3.63, 3.8) is 0 Å². The highest BCUT2D eigenvalue weighted by molar-refractivity contribution is 5.80. The highest BCUT2D eigenvalue weighted by Gasteiger charge is 2.33. The van der Waals surface area contributed by atoms with Gasteiger partial charge in [0.2, 0.25) is 0 Å². The van der Waals surface area contributed by atoms with Crippen molar-refractivity contribution in [3.05, 3.63) is 0 Å². The molecular formula is C10H19N3O2. The van der Waals surface area contributed by atoms with E-state index in [1.54, 1.807) is 14.1 Å². The van der Waals surface area contributed by atoms with Gasteiger partial charge in [-0.3, -0.25) is 5.01 Å². The summed E-state index contributed by atoms with van der Waals surface area (Å²) in [6.45, 7) is 0. The van der Waals surface area contributed by atoms with Crippen LogP contribution in [0, 0.1) is 0 Å². The van der Waals surface area contributed by atoms with Crippen molar-refractivity contribution < 1.29 is 9.59 Å². The van der Waals surface area contributed by atoms with E-state index in [0.29, 0.717) is 0 Å². The summed E-state index contributed by atoms with van der Waals surface area (Å²) in [5, 5.41) is 4.12. The average Bonchev–Trinajstić information content (AvgIpc) is 2.29. The Morgan fingerprint density at radius 2 is 1.93 bits per heavy atom. The zero-order valence-corrected chi connectivity index (χ0v) is 9.38. The van der Waals surface area contributed by atoms with Crippen molar-refractivity contribution >= 4 is 12.3 Å². The van der Waals surface area contributed by atoms with Gasteiger partial charge in [-0.25, -0.2) is 10.2 Å². The molecule has 0 unspecified atom stereocenters. The fourth-order valence-corrected chi connectivity index (χ4v) is 1.85. The van der Waals surface area contributed by atoms with Gasteiger partial charge in [0.1, 0.15) is 6.29 Å². The predicted octanol–water partition coefficient (Wildman–Crippen LogP) is 0.664. The zero-order chi connectivity index (χ0) is 11.3. The molecule has 0 aromatic carbocycles.